The molecular formula is C15H17FN2S. The van der Waals surface area contributed by atoms with E-state index in [9.17, 15) is 4.39 Å². The van der Waals surface area contributed by atoms with Gasteiger partial charge in [-0.3, -0.25) is 0 Å². The van der Waals surface area contributed by atoms with Gasteiger partial charge in [-0.15, -0.1) is 11.3 Å². The van der Waals surface area contributed by atoms with Crippen molar-refractivity contribution in [1.29, 1.82) is 0 Å². The number of hydrogen-bond donors (Lipinski definition) is 1. The normalized spacial score (nSPS) is 14.2. The third-order valence-electron chi connectivity index (χ3n) is 3.42. The number of fused-ring (bicyclic) bond motifs is 1. The fourth-order valence-electron chi connectivity index (χ4n) is 2.42. The third kappa shape index (κ3) is 2.95. The summed E-state index contributed by atoms with van der Waals surface area (Å²) in [5, 5.41) is 4.31. The molecule has 1 N–H and O–H groups in total. The molecule has 1 aromatic heterocycles. The molecule has 19 heavy (non-hydrogen) atoms. The number of anilines is 1. The predicted octanol–water partition coefficient (Wildman–Crippen LogP) is 3.82. The molecule has 0 spiro atoms. The summed E-state index contributed by atoms with van der Waals surface area (Å²) < 4.78 is 13.4. The number of benzene rings is 1. The monoisotopic (exact) mass is 276 g/mol. The fraction of sp³-hybridized carbons (Fsp3) is 0.400. The summed E-state index contributed by atoms with van der Waals surface area (Å²) in [5.74, 6) is -0.194. The Morgan fingerprint density at radius 3 is 2.89 bits per heavy atom. The minimum atomic E-state index is -0.194. The van der Waals surface area contributed by atoms with Crippen LogP contribution in [0.5, 0.6) is 0 Å². The van der Waals surface area contributed by atoms with Gasteiger partial charge in [0.1, 0.15) is 5.82 Å². The highest BCUT2D eigenvalue weighted by atomic mass is 32.1. The molecule has 0 unspecified atom stereocenters. The molecule has 0 radical (unpaired) electrons. The van der Waals surface area contributed by atoms with Crippen LogP contribution in [-0.2, 0) is 19.3 Å². The molecule has 0 atom stereocenters. The standard InChI is InChI=1S/C15H17FN2S/c16-11-5-1-2-6-12(11)17-10-9-15-18-13-7-3-4-8-14(13)19-15/h1-2,5-6,17H,3-4,7-10H2. The largest absolute Gasteiger partial charge is 0.382 e. The average molecular weight is 276 g/mol. The maximum Gasteiger partial charge on any atom is 0.146 e. The number of hydrogen-bond acceptors (Lipinski definition) is 3. The van der Waals surface area contributed by atoms with E-state index in [0.717, 1.165) is 19.4 Å². The first-order valence-corrected chi connectivity index (χ1v) is 7.60. The first kappa shape index (κ1) is 12.6. The van der Waals surface area contributed by atoms with Crippen molar-refractivity contribution in [1.82, 2.24) is 4.98 Å². The molecule has 4 heteroatoms. The van der Waals surface area contributed by atoms with Crippen LogP contribution in [0, 0.1) is 5.82 Å². The summed E-state index contributed by atoms with van der Waals surface area (Å²) in [5.41, 5.74) is 1.88. The summed E-state index contributed by atoms with van der Waals surface area (Å²) in [4.78, 5) is 6.15. The molecule has 1 aliphatic carbocycles. The molecule has 1 aromatic carbocycles. The van der Waals surface area contributed by atoms with E-state index in [1.807, 2.05) is 17.4 Å². The van der Waals surface area contributed by atoms with E-state index in [0.29, 0.717) is 5.69 Å². The van der Waals surface area contributed by atoms with E-state index in [-0.39, 0.29) is 5.82 Å². The molecule has 2 aromatic rings. The lowest BCUT2D eigenvalue weighted by Gasteiger charge is -2.06. The van der Waals surface area contributed by atoms with E-state index in [2.05, 4.69) is 10.3 Å². The van der Waals surface area contributed by atoms with Crippen LogP contribution in [0.4, 0.5) is 10.1 Å². The van der Waals surface area contributed by atoms with Crippen LogP contribution < -0.4 is 5.32 Å². The van der Waals surface area contributed by atoms with Gasteiger partial charge in [0.2, 0.25) is 0 Å². The van der Waals surface area contributed by atoms with Crippen LogP contribution in [0.1, 0.15) is 28.4 Å². The van der Waals surface area contributed by atoms with E-state index in [1.165, 1.54) is 40.9 Å². The zero-order valence-corrected chi connectivity index (χ0v) is 11.6. The van der Waals surface area contributed by atoms with Crippen molar-refractivity contribution in [2.75, 3.05) is 11.9 Å². The van der Waals surface area contributed by atoms with Crippen LogP contribution in [-0.4, -0.2) is 11.5 Å². The topological polar surface area (TPSA) is 24.9 Å². The third-order valence-corrected chi connectivity index (χ3v) is 4.64. The van der Waals surface area contributed by atoms with E-state index < -0.39 is 0 Å². The van der Waals surface area contributed by atoms with Crippen molar-refractivity contribution in [3.63, 3.8) is 0 Å². The zero-order chi connectivity index (χ0) is 13.1. The Kier molecular flexibility index (Phi) is 3.78. The van der Waals surface area contributed by atoms with Crippen LogP contribution in [0.25, 0.3) is 0 Å². The van der Waals surface area contributed by atoms with Gasteiger partial charge < -0.3 is 5.32 Å². The Labute approximate surface area is 116 Å². The number of rotatable bonds is 4. The average Bonchev–Trinajstić information content (AvgIpc) is 2.83. The van der Waals surface area contributed by atoms with Crippen LogP contribution in [0.2, 0.25) is 0 Å². The van der Waals surface area contributed by atoms with Crippen LogP contribution in [0.3, 0.4) is 0 Å². The molecule has 0 bridgehead atoms. The highest BCUT2D eigenvalue weighted by Gasteiger charge is 2.14. The van der Waals surface area contributed by atoms with Gasteiger partial charge in [0.05, 0.1) is 16.4 Å². The summed E-state index contributed by atoms with van der Waals surface area (Å²) in [6.07, 6.45) is 5.75. The van der Waals surface area contributed by atoms with E-state index in [4.69, 9.17) is 0 Å². The molecular weight excluding hydrogens is 259 g/mol. The molecule has 1 aliphatic rings. The predicted molar refractivity (Wildman–Crippen MR) is 77.3 cm³/mol. The molecule has 1 heterocycles. The van der Waals surface area contributed by atoms with Crippen molar-refractivity contribution < 1.29 is 4.39 Å². The molecule has 0 fully saturated rings. The molecule has 100 valence electrons. The van der Waals surface area contributed by atoms with Gasteiger partial charge in [-0.05, 0) is 37.8 Å². The molecule has 2 nitrogen and oxygen atoms in total. The fourth-order valence-corrected chi connectivity index (χ4v) is 3.58. The maximum absolute atomic E-state index is 13.4. The lowest BCUT2D eigenvalue weighted by atomic mass is 10.0. The Hall–Kier alpha value is -1.42. The quantitative estimate of drug-likeness (QED) is 0.918. The Morgan fingerprint density at radius 1 is 1.21 bits per heavy atom. The highest BCUT2D eigenvalue weighted by molar-refractivity contribution is 7.11. The second-order valence-corrected chi connectivity index (χ2v) is 6.01. The number of aromatic nitrogens is 1. The summed E-state index contributed by atoms with van der Waals surface area (Å²) >= 11 is 1.83. The number of thiazole rings is 1. The second-order valence-electron chi connectivity index (χ2n) is 4.84. The number of para-hydroxylation sites is 1. The van der Waals surface area contributed by atoms with Crippen molar-refractivity contribution in [3.8, 4) is 0 Å². The van der Waals surface area contributed by atoms with Gasteiger partial charge in [0.15, 0.2) is 0 Å². The Balaban J connectivity index is 1.58. The first-order chi connectivity index (χ1) is 9.33. The maximum atomic E-state index is 13.4. The lowest BCUT2D eigenvalue weighted by molar-refractivity contribution is 0.630. The zero-order valence-electron chi connectivity index (χ0n) is 10.8. The molecule has 0 saturated heterocycles. The van der Waals surface area contributed by atoms with Crippen LogP contribution >= 0.6 is 11.3 Å². The van der Waals surface area contributed by atoms with Crippen LogP contribution in [0.15, 0.2) is 24.3 Å². The SMILES string of the molecule is Fc1ccccc1NCCc1nc2c(s1)CCCC2. The molecule has 0 saturated carbocycles. The lowest BCUT2D eigenvalue weighted by Crippen LogP contribution is -2.06. The second kappa shape index (κ2) is 5.70. The summed E-state index contributed by atoms with van der Waals surface area (Å²) in [6.45, 7) is 0.729. The number of halogens is 1. The Morgan fingerprint density at radius 2 is 2.05 bits per heavy atom. The number of nitrogens with zero attached hydrogens (tertiary/aromatic N) is 1. The van der Waals surface area contributed by atoms with Crippen molar-refractivity contribution in [2.45, 2.75) is 32.1 Å². The minimum Gasteiger partial charge on any atom is -0.382 e. The molecule has 0 aliphatic heterocycles. The van der Waals surface area contributed by atoms with Gasteiger partial charge in [-0.2, -0.15) is 0 Å². The van der Waals surface area contributed by atoms with Gasteiger partial charge in [0, 0.05) is 17.8 Å². The van der Waals surface area contributed by atoms with Gasteiger partial charge >= 0.3 is 0 Å². The Bertz CT molecular complexity index is 542. The van der Waals surface area contributed by atoms with E-state index in [1.54, 1.807) is 12.1 Å². The summed E-state index contributed by atoms with van der Waals surface area (Å²) in [7, 11) is 0. The van der Waals surface area contributed by atoms with Gasteiger partial charge in [-0.1, -0.05) is 12.1 Å². The number of aryl methyl sites for hydroxylation is 2. The first-order valence-electron chi connectivity index (χ1n) is 6.79. The van der Waals surface area contributed by atoms with Crippen molar-refractivity contribution >= 4 is 17.0 Å². The summed E-state index contributed by atoms with van der Waals surface area (Å²) in [6, 6.07) is 6.79. The van der Waals surface area contributed by atoms with Crippen molar-refractivity contribution in [3.05, 3.63) is 45.7 Å². The van der Waals surface area contributed by atoms with Gasteiger partial charge in [-0.25, -0.2) is 9.37 Å². The minimum absolute atomic E-state index is 0.194. The smallest absolute Gasteiger partial charge is 0.146 e. The van der Waals surface area contributed by atoms with E-state index >= 15 is 0 Å². The molecule has 3 rings (SSSR count). The highest BCUT2D eigenvalue weighted by Crippen LogP contribution is 2.26. The number of nitrogens with one attached hydrogen (secondary N) is 1. The molecule has 0 amide bonds. The van der Waals surface area contributed by atoms with Crippen molar-refractivity contribution in [2.24, 2.45) is 0 Å². The van der Waals surface area contributed by atoms with Gasteiger partial charge in [0.25, 0.3) is 0 Å².